The summed E-state index contributed by atoms with van der Waals surface area (Å²) >= 11 is 0. The number of benzene rings is 1. The van der Waals surface area contributed by atoms with Crippen LogP contribution in [0.1, 0.15) is 57.0 Å². The summed E-state index contributed by atoms with van der Waals surface area (Å²) < 4.78 is 103. The smallest absolute Gasteiger partial charge is 0.416 e. The van der Waals surface area contributed by atoms with Crippen molar-refractivity contribution >= 4 is 16.1 Å². The van der Waals surface area contributed by atoms with Crippen LogP contribution in [0, 0.1) is 11.6 Å². The Hall–Kier alpha value is -2.78. The molecular weight excluding hydrogens is 551 g/mol. The van der Waals surface area contributed by atoms with Crippen LogP contribution in [0.5, 0.6) is 0 Å². The largest absolute Gasteiger partial charge is 0.465 e. The quantitative estimate of drug-likeness (QED) is 0.527. The summed E-state index contributed by atoms with van der Waals surface area (Å²) in [6, 6.07) is -0.483. The molecule has 2 aliphatic heterocycles. The van der Waals surface area contributed by atoms with Crippen LogP contribution in [0.4, 0.5) is 26.7 Å². The summed E-state index contributed by atoms with van der Waals surface area (Å²) in [6.45, 7) is 5.80. The van der Waals surface area contributed by atoms with Gasteiger partial charge in [0.1, 0.15) is 17.7 Å². The fourth-order valence-corrected chi connectivity index (χ4v) is 6.09. The van der Waals surface area contributed by atoms with Crippen LogP contribution in [-0.4, -0.2) is 74.3 Å². The van der Waals surface area contributed by atoms with Crippen LogP contribution < -0.4 is 0 Å². The van der Waals surface area contributed by atoms with Crippen molar-refractivity contribution in [1.82, 2.24) is 19.0 Å². The summed E-state index contributed by atoms with van der Waals surface area (Å²) in [5, 5.41) is 14.1. The summed E-state index contributed by atoms with van der Waals surface area (Å²) in [5.41, 5.74) is -0.975. The average molecular weight is 581 g/mol. The molecule has 2 aliphatic rings. The highest BCUT2D eigenvalue weighted by atomic mass is 32.2. The fraction of sp³-hybridized carbons (Fsp3) is 0.583. The number of carboxylic acid groups (broad SMARTS) is 1. The number of ether oxygens (including phenoxy) is 1. The second-order valence-electron chi connectivity index (χ2n) is 10.7. The highest BCUT2D eigenvalue weighted by molar-refractivity contribution is 7.89. The first kappa shape index (κ1) is 29.2. The van der Waals surface area contributed by atoms with Crippen molar-refractivity contribution < 1.29 is 45.0 Å². The molecule has 9 nitrogen and oxygen atoms in total. The zero-order chi connectivity index (χ0) is 29.1. The van der Waals surface area contributed by atoms with Gasteiger partial charge in [-0.3, -0.25) is 9.80 Å². The molecule has 0 radical (unpaired) electrons. The number of aromatic nitrogens is 2. The molecule has 1 amide bonds. The van der Waals surface area contributed by atoms with Crippen LogP contribution >= 0.6 is 0 Å². The number of hydrogen-bond acceptors (Lipinski definition) is 6. The number of carbonyl (C=O) groups is 1. The van der Waals surface area contributed by atoms with E-state index in [0.717, 1.165) is 21.1 Å². The van der Waals surface area contributed by atoms with Gasteiger partial charge in [0.15, 0.2) is 6.10 Å². The maximum Gasteiger partial charge on any atom is 0.416 e. The Morgan fingerprint density at radius 3 is 2.41 bits per heavy atom. The molecule has 0 bridgehead atoms. The van der Waals surface area contributed by atoms with E-state index < -0.39 is 75.7 Å². The van der Waals surface area contributed by atoms with Gasteiger partial charge in [0.25, 0.3) is 10.0 Å². The van der Waals surface area contributed by atoms with E-state index in [0.29, 0.717) is 11.6 Å². The van der Waals surface area contributed by atoms with E-state index in [-0.39, 0.29) is 24.5 Å². The van der Waals surface area contributed by atoms with Gasteiger partial charge in [0, 0.05) is 42.0 Å². The molecule has 1 fully saturated rings. The summed E-state index contributed by atoms with van der Waals surface area (Å²) in [7, 11) is -3.70. The molecule has 216 valence electrons. The third kappa shape index (κ3) is 5.61. The first-order valence-corrected chi connectivity index (χ1v) is 13.8. The molecule has 39 heavy (non-hydrogen) atoms. The van der Waals surface area contributed by atoms with Crippen molar-refractivity contribution in [2.75, 3.05) is 5.75 Å². The lowest BCUT2D eigenvalue weighted by molar-refractivity contribution is -0.277. The first-order valence-electron chi connectivity index (χ1n) is 12.2. The van der Waals surface area contributed by atoms with E-state index in [1.807, 2.05) is 0 Å². The number of alkyl halides is 3. The van der Waals surface area contributed by atoms with Gasteiger partial charge in [0.2, 0.25) is 0 Å². The number of hydrogen-bond donors (Lipinski definition) is 1. The monoisotopic (exact) mass is 580 g/mol. The molecule has 2 aromatic rings. The van der Waals surface area contributed by atoms with Crippen molar-refractivity contribution in [2.24, 2.45) is 0 Å². The first-order chi connectivity index (χ1) is 17.9. The van der Waals surface area contributed by atoms with Crippen molar-refractivity contribution in [3.63, 3.8) is 0 Å². The number of halogens is 5. The van der Waals surface area contributed by atoms with Gasteiger partial charge in [-0.2, -0.15) is 22.4 Å². The topological polar surface area (TPSA) is 105 Å². The van der Waals surface area contributed by atoms with E-state index in [2.05, 4.69) is 5.10 Å². The molecule has 0 saturated carbocycles. The van der Waals surface area contributed by atoms with Crippen LogP contribution in [0.15, 0.2) is 24.4 Å². The van der Waals surface area contributed by atoms with Crippen molar-refractivity contribution in [1.29, 1.82) is 0 Å². The Morgan fingerprint density at radius 1 is 1.21 bits per heavy atom. The number of amides is 1. The lowest BCUT2D eigenvalue weighted by Crippen LogP contribution is -2.63. The predicted molar refractivity (Wildman–Crippen MR) is 128 cm³/mol. The minimum atomic E-state index is -4.95. The second-order valence-corrected chi connectivity index (χ2v) is 12.8. The molecular formula is C24H29F5N4O5S. The normalized spacial score (nSPS) is 24.5. The summed E-state index contributed by atoms with van der Waals surface area (Å²) in [4.78, 5) is 14.7. The Balaban J connectivity index is 1.77. The Kier molecular flexibility index (Phi) is 7.49. The zero-order valence-electron chi connectivity index (χ0n) is 21.6. The maximum atomic E-state index is 14.8. The van der Waals surface area contributed by atoms with Gasteiger partial charge in [-0.05, 0) is 52.3 Å². The van der Waals surface area contributed by atoms with Crippen LogP contribution in [0.25, 0.3) is 0 Å². The lowest BCUT2D eigenvalue weighted by Gasteiger charge is -2.51. The third-order valence-electron chi connectivity index (χ3n) is 7.02. The molecule has 0 spiro atoms. The Morgan fingerprint density at radius 2 is 1.87 bits per heavy atom. The van der Waals surface area contributed by atoms with Gasteiger partial charge < -0.3 is 9.84 Å². The van der Waals surface area contributed by atoms with E-state index in [9.17, 15) is 40.3 Å². The molecule has 0 unspecified atom stereocenters. The minimum Gasteiger partial charge on any atom is -0.465 e. The molecule has 15 heteroatoms. The molecule has 3 heterocycles. The lowest BCUT2D eigenvalue weighted by atomic mass is 9.85. The maximum absolute atomic E-state index is 14.8. The van der Waals surface area contributed by atoms with Gasteiger partial charge in [-0.1, -0.05) is 0 Å². The average Bonchev–Trinajstić information content (AvgIpc) is 3.39. The third-order valence-corrected chi connectivity index (χ3v) is 8.51. The number of nitrogens with zero attached hydrogens (tertiary/aromatic N) is 4. The molecule has 1 N–H and O–H groups in total. The van der Waals surface area contributed by atoms with E-state index in [1.165, 1.54) is 38.8 Å². The van der Waals surface area contributed by atoms with Gasteiger partial charge in [0.05, 0.1) is 17.5 Å². The molecule has 4 rings (SSSR count). The fourth-order valence-electron chi connectivity index (χ4n) is 5.31. The van der Waals surface area contributed by atoms with E-state index in [4.69, 9.17) is 4.74 Å². The highest BCUT2D eigenvalue weighted by Gasteiger charge is 2.57. The summed E-state index contributed by atoms with van der Waals surface area (Å²) in [5.74, 6) is -2.17. The van der Waals surface area contributed by atoms with Gasteiger partial charge >= 0.3 is 12.3 Å². The van der Waals surface area contributed by atoms with Gasteiger partial charge in [-0.15, -0.1) is 0 Å². The van der Waals surface area contributed by atoms with Crippen molar-refractivity contribution in [2.45, 2.75) is 83.2 Å². The highest BCUT2D eigenvalue weighted by Crippen LogP contribution is 2.46. The summed E-state index contributed by atoms with van der Waals surface area (Å²) in [6.07, 6.45) is -9.82. The standard InChI is InChI=1S/C24H29F5N4O5S/c1-5-39(36,37)32-11-13-10-31(12-17(13)30-32)19-9-18(33(22(34)35)23(2,3)4)20(38-21(19)24(27,28)29)15-8-14(25)6-7-16(15)26/h6-8,11,18-21H,5,9-10,12H2,1-4H3,(H,34,35)/t18-,19+,20+,21-/m0/s1. The van der Waals surface area contributed by atoms with Crippen molar-refractivity contribution in [3.05, 3.63) is 52.9 Å². The second kappa shape index (κ2) is 10.0. The van der Waals surface area contributed by atoms with E-state index >= 15 is 0 Å². The molecule has 4 atom stereocenters. The molecule has 1 saturated heterocycles. The zero-order valence-corrected chi connectivity index (χ0v) is 22.4. The van der Waals surface area contributed by atoms with Gasteiger partial charge in [-0.25, -0.2) is 22.0 Å². The van der Waals surface area contributed by atoms with E-state index in [1.54, 1.807) is 0 Å². The molecule has 1 aromatic heterocycles. The molecule has 1 aromatic carbocycles. The number of fused-ring (bicyclic) bond motifs is 1. The van der Waals surface area contributed by atoms with Crippen LogP contribution in [0.3, 0.4) is 0 Å². The minimum absolute atomic E-state index is 0.0938. The number of rotatable bonds is 5. The molecule has 0 aliphatic carbocycles. The SMILES string of the molecule is CCS(=O)(=O)n1cc2c(n1)CN([C@@H]1C[C@H](N(C(=O)O)C(C)(C)C)[C@@H](c3cc(F)ccc3F)O[C@@H]1C(F)(F)F)C2. The van der Waals surface area contributed by atoms with Crippen LogP contribution in [-0.2, 0) is 27.8 Å². The van der Waals surface area contributed by atoms with Crippen LogP contribution in [0.2, 0.25) is 0 Å². The van der Waals surface area contributed by atoms with Crippen molar-refractivity contribution in [3.8, 4) is 0 Å². The predicted octanol–water partition coefficient (Wildman–Crippen LogP) is 4.28. The Labute approximate surface area is 222 Å². The Bertz CT molecular complexity index is 1330.